The summed E-state index contributed by atoms with van der Waals surface area (Å²) < 4.78 is 7.53. The molecule has 0 radical (unpaired) electrons. The predicted octanol–water partition coefficient (Wildman–Crippen LogP) is 2.35. The Hall–Kier alpha value is -1.72. The molecule has 1 N–H and O–H groups in total. The third kappa shape index (κ3) is 5.95. The number of ether oxygens (including phenoxy) is 1. The smallest absolute Gasteiger partial charge is 0.194 e. The van der Waals surface area contributed by atoms with E-state index < -0.39 is 0 Å². The Balaban J connectivity index is 0.00000272. The molecular formula is C22H34IN7O. The van der Waals surface area contributed by atoms with Gasteiger partial charge in [0, 0.05) is 39.3 Å². The normalized spacial score (nSPS) is 21.1. The van der Waals surface area contributed by atoms with Crippen molar-refractivity contribution in [3.05, 3.63) is 47.5 Å². The molecule has 2 aliphatic heterocycles. The number of rotatable bonds is 5. The Morgan fingerprint density at radius 3 is 2.61 bits per heavy atom. The molecule has 31 heavy (non-hydrogen) atoms. The lowest BCUT2D eigenvalue weighted by Gasteiger charge is -2.32. The molecule has 8 nitrogen and oxygen atoms in total. The Morgan fingerprint density at radius 2 is 1.94 bits per heavy atom. The molecule has 0 bridgehead atoms. The van der Waals surface area contributed by atoms with E-state index in [1.165, 1.54) is 5.56 Å². The van der Waals surface area contributed by atoms with Crippen LogP contribution in [0.2, 0.25) is 0 Å². The molecule has 2 fully saturated rings. The van der Waals surface area contributed by atoms with E-state index in [0.717, 1.165) is 63.4 Å². The fourth-order valence-corrected chi connectivity index (χ4v) is 4.16. The van der Waals surface area contributed by atoms with Gasteiger partial charge in [0.25, 0.3) is 0 Å². The molecule has 0 spiro atoms. The molecule has 170 valence electrons. The Morgan fingerprint density at radius 1 is 1.19 bits per heavy atom. The zero-order chi connectivity index (χ0) is 20.9. The van der Waals surface area contributed by atoms with Crippen LogP contribution >= 0.6 is 24.0 Å². The van der Waals surface area contributed by atoms with Crippen LogP contribution in [0.25, 0.3) is 0 Å². The molecule has 2 aliphatic rings. The van der Waals surface area contributed by atoms with Crippen molar-refractivity contribution in [2.24, 2.45) is 12.0 Å². The maximum Gasteiger partial charge on any atom is 0.194 e. The molecule has 1 aromatic heterocycles. The minimum Gasteiger partial charge on any atom is -0.379 e. The molecule has 0 aliphatic carbocycles. The number of guanidine groups is 1. The third-order valence-electron chi connectivity index (χ3n) is 6.22. The van der Waals surface area contributed by atoms with E-state index in [1.54, 1.807) is 0 Å². The van der Waals surface area contributed by atoms with Crippen LogP contribution in [0.15, 0.2) is 35.3 Å². The van der Waals surface area contributed by atoms with E-state index in [9.17, 15) is 0 Å². The maximum atomic E-state index is 5.53. The number of hydrogen-bond donors (Lipinski definition) is 1. The number of nitrogens with one attached hydrogen (secondary N) is 1. The van der Waals surface area contributed by atoms with E-state index in [2.05, 4.69) is 62.6 Å². The van der Waals surface area contributed by atoms with Gasteiger partial charge in [0.1, 0.15) is 12.4 Å². The minimum atomic E-state index is 0. The fraction of sp³-hybridized carbons (Fsp3) is 0.591. The molecule has 9 heteroatoms. The number of morpholine rings is 1. The first-order valence-corrected chi connectivity index (χ1v) is 10.9. The van der Waals surface area contributed by atoms with Gasteiger partial charge in [0.05, 0.1) is 19.3 Å². The van der Waals surface area contributed by atoms with E-state index in [-0.39, 0.29) is 30.0 Å². The summed E-state index contributed by atoms with van der Waals surface area (Å²) in [6.07, 6.45) is 1.16. The number of nitrogens with zero attached hydrogens (tertiary/aromatic N) is 6. The predicted molar refractivity (Wildman–Crippen MR) is 133 cm³/mol. The topological polar surface area (TPSA) is 70.8 Å². The van der Waals surface area contributed by atoms with Gasteiger partial charge < -0.3 is 19.5 Å². The second kappa shape index (κ2) is 11.2. The fourth-order valence-electron chi connectivity index (χ4n) is 4.16. The van der Waals surface area contributed by atoms with Crippen molar-refractivity contribution in [1.82, 2.24) is 29.9 Å². The van der Waals surface area contributed by atoms with E-state index in [1.807, 2.05) is 18.5 Å². The van der Waals surface area contributed by atoms with Gasteiger partial charge >= 0.3 is 0 Å². The lowest BCUT2D eigenvalue weighted by atomic mass is 10.1. The molecule has 0 amide bonds. The second-order valence-corrected chi connectivity index (χ2v) is 8.18. The molecule has 2 aromatic rings. The van der Waals surface area contributed by atoms with Gasteiger partial charge in [-0.3, -0.25) is 4.90 Å². The third-order valence-corrected chi connectivity index (χ3v) is 6.22. The van der Waals surface area contributed by atoms with Crippen molar-refractivity contribution in [3.8, 4) is 0 Å². The van der Waals surface area contributed by atoms with Crippen molar-refractivity contribution in [3.63, 3.8) is 0 Å². The first-order chi connectivity index (χ1) is 14.6. The summed E-state index contributed by atoms with van der Waals surface area (Å²) in [6, 6.07) is 11.3. The first-order valence-electron chi connectivity index (χ1n) is 10.9. The summed E-state index contributed by atoms with van der Waals surface area (Å²) in [4.78, 5) is 9.92. The van der Waals surface area contributed by atoms with Gasteiger partial charge in [-0.1, -0.05) is 30.3 Å². The maximum absolute atomic E-state index is 5.53. The number of aromatic nitrogens is 3. The standard InChI is InChI=1S/C22H33N7O.HI/c1-17(19-7-5-4-6-8-19)24-22(23-15-21-26-25-18(2)27(21)3)29-10-9-20(16-29)28-11-13-30-14-12-28;/h4-8,17,20H,9-16H2,1-3H3,(H,23,24);1H. The molecular weight excluding hydrogens is 505 g/mol. The molecule has 2 atom stereocenters. The van der Waals surface area contributed by atoms with Gasteiger partial charge in [-0.2, -0.15) is 0 Å². The number of likely N-dealkylation sites (tertiary alicyclic amines) is 1. The van der Waals surface area contributed by atoms with Crippen LogP contribution in [-0.4, -0.2) is 76.0 Å². The van der Waals surface area contributed by atoms with Crippen LogP contribution in [0, 0.1) is 6.92 Å². The Kier molecular flexibility index (Phi) is 8.67. The Bertz CT molecular complexity index is 851. The molecule has 2 unspecified atom stereocenters. The highest BCUT2D eigenvalue weighted by Gasteiger charge is 2.31. The van der Waals surface area contributed by atoms with Crippen molar-refractivity contribution >= 4 is 29.9 Å². The van der Waals surface area contributed by atoms with Gasteiger partial charge in [-0.05, 0) is 25.8 Å². The van der Waals surface area contributed by atoms with Crippen LogP contribution in [0.5, 0.6) is 0 Å². The SMILES string of the molecule is Cc1nnc(CN=C(NC(C)c2ccccc2)N2CCC(N3CCOCC3)C2)n1C.I. The van der Waals surface area contributed by atoms with Crippen molar-refractivity contribution < 1.29 is 4.74 Å². The first kappa shape index (κ1) is 23.9. The summed E-state index contributed by atoms with van der Waals surface area (Å²) in [6.45, 7) is 10.4. The number of aliphatic imine (C=N–C) groups is 1. The van der Waals surface area contributed by atoms with Crippen molar-refractivity contribution in [1.29, 1.82) is 0 Å². The number of benzene rings is 1. The largest absolute Gasteiger partial charge is 0.379 e. The molecule has 0 saturated carbocycles. The summed E-state index contributed by atoms with van der Waals surface area (Å²) in [5.74, 6) is 2.73. The summed E-state index contributed by atoms with van der Waals surface area (Å²) in [7, 11) is 1.99. The van der Waals surface area contributed by atoms with Crippen molar-refractivity contribution in [2.45, 2.75) is 38.9 Å². The number of hydrogen-bond acceptors (Lipinski definition) is 5. The van der Waals surface area contributed by atoms with E-state index in [4.69, 9.17) is 9.73 Å². The lowest BCUT2D eigenvalue weighted by Crippen LogP contribution is -2.47. The average Bonchev–Trinajstić information content (AvgIpc) is 3.40. The van der Waals surface area contributed by atoms with Crippen LogP contribution in [0.3, 0.4) is 0 Å². The quantitative estimate of drug-likeness (QED) is 0.358. The van der Waals surface area contributed by atoms with Crippen LogP contribution < -0.4 is 5.32 Å². The zero-order valence-corrected chi connectivity index (χ0v) is 21.0. The highest BCUT2D eigenvalue weighted by Crippen LogP contribution is 2.19. The van der Waals surface area contributed by atoms with Gasteiger partial charge in [0.15, 0.2) is 11.8 Å². The minimum absolute atomic E-state index is 0. The summed E-state index contributed by atoms with van der Waals surface area (Å²) in [5, 5.41) is 12.1. The van der Waals surface area contributed by atoms with Crippen LogP contribution in [-0.2, 0) is 18.3 Å². The van der Waals surface area contributed by atoms with Crippen LogP contribution in [0.4, 0.5) is 0 Å². The zero-order valence-electron chi connectivity index (χ0n) is 18.7. The average molecular weight is 539 g/mol. The second-order valence-electron chi connectivity index (χ2n) is 8.18. The summed E-state index contributed by atoms with van der Waals surface area (Å²) in [5.41, 5.74) is 1.25. The molecule has 2 saturated heterocycles. The highest BCUT2D eigenvalue weighted by atomic mass is 127. The monoisotopic (exact) mass is 539 g/mol. The van der Waals surface area contributed by atoms with Gasteiger partial charge in [-0.25, -0.2) is 4.99 Å². The Labute approximate surface area is 202 Å². The molecule has 4 rings (SSSR count). The highest BCUT2D eigenvalue weighted by molar-refractivity contribution is 14.0. The molecule has 1 aromatic carbocycles. The number of aryl methyl sites for hydroxylation is 1. The molecule has 3 heterocycles. The van der Waals surface area contributed by atoms with E-state index >= 15 is 0 Å². The van der Waals surface area contributed by atoms with E-state index in [0.29, 0.717) is 12.6 Å². The van der Waals surface area contributed by atoms with Gasteiger partial charge in [-0.15, -0.1) is 34.2 Å². The summed E-state index contributed by atoms with van der Waals surface area (Å²) >= 11 is 0. The van der Waals surface area contributed by atoms with Gasteiger partial charge in [0.2, 0.25) is 0 Å². The number of halogens is 1. The van der Waals surface area contributed by atoms with Crippen molar-refractivity contribution in [2.75, 3.05) is 39.4 Å². The lowest BCUT2D eigenvalue weighted by molar-refractivity contribution is 0.0194. The van der Waals surface area contributed by atoms with Crippen LogP contribution in [0.1, 0.15) is 36.6 Å².